The number of aliphatic hydroxyl groups is 1. The average Bonchev–Trinajstić information content (AvgIpc) is 2.19. The lowest BCUT2D eigenvalue weighted by Gasteiger charge is -2.23. The molecule has 0 saturated carbocycles. The van der Waals surface area contributed by atoms with Gasteiger partial charge >= 0.3 is 0 Å². The lowest BCUT2D eigenvalue weighted by atomic mass is 9.90. The molecular weight excluding hydrogens is 191 g/mol. The van der Waals surface area contributed by atoms with Crippen LogP contribution >= 0.6 is 0 Å². The zero-order valence-corrected chi connectivity index (χ0v) is 8.41. The molecule has 1 rings (SSSR count). The third kappa shape index (κ3) is 2.44. The maximum absolute atomic E-state index is 13.5. The number of hydrogen-bond acceptors (Lipinski definition) is 1. The lowest BCUT2D eigenvalue weighted by Crippen LogP contribution is -2.23. The van der Waals surface area contributed by atoms with Crippen LogP contribution in [0, 0.1) is 5.82 Å². The van der Waals surface area contributed by atoms with Crippen molar-refractivity contribution in [2.45, 2.75) is 12.0 Å². The number of benzene rings is 1. The smallest absolute Gasteiger partial charge is 0.129 e. The molecule has 0 radical (unpaired) electrons. The second-order valence-electron chi connectivity index (χ2n) is 3.25. The van der Waals surface area contributed by atoms with Crippen molar-refractivity contribution < 1.29 is 9.50 Å². The van der Waals surface area contributed by atoms with Gasteiger partial charge in [0, 0.05) is 12.0 Å². The van der Waals surface area contributed by atoms with Gasteiger partial charge in [-0.25, -0.2) is 4.39 Å². The van der Waals surface area contributed by atoms with E-state index in [2.05, 4.69) is 18.9 Å². The van der Waals surface area contributed by atoms with Crippen molar-refractivity contribution in [2.75, 3.05) is 0 Å². The van der Waals surface area contributed by atoms with Crippen LogP contribution in [0.5, 0.6) is 0 Å². The summed E-state index contributed by atoms with van der Waals surface area (Å²) in [5.41, 5.74) is 1.28. The molecule has 1 N–H and O–H groups in total. The molecule has 0 heterocycles. The summed E-state index contributed by atoms with van der Waals surface area (Å²) in [5, 5.41) is 10.2. The van der Waals surface area contributed by atoms with E-state index in [1.807, 2.05) is 0 Å². The predicted octanol–water partition coefficient (Wildman–Crippen LogP) is 2.93. The van der Waals surface area contributed by atoms with Crippen molar-refractivity contribution in [3.63, 3.8) is 0 Å². The van der Waals surface area contributed by atoms with Gasteiger partial charge in [0.15, 0.2) is 0 Å². The van der Waals surface area contributed by atoms with Gasteiger partial charge in [-0.15, -0.1) is 12.3 Å². The van der Waals surface area contributed by atoms with E-state index in [0.29, 0.717) is 0 Å². The van der Waals surface area contributed by atoms with Gasteiger partial charge in [0.2, 0.25) is 0 Å². The Morgan fingerprint density at radius 2 is 2.13 bits per heavy atom. The number of hydrogen-bond donors (Lipinski definition) is 1. The van der Waals surface area contributed by atoms with Gasteiger partial charge < -0.3 is 5.11 Å². The second-order valence-corrected chi connectivity index (χ2v) is 3.25. The molecular formula is C13H13FO. The van der Waals surface area contributed by atoms with Gasteiger partial charge in [-0.05, 0) is 12.1 Å². The van der Waals surface area contributed by atoms with Crippen molar-refractivity contribution in [3.05, 3.63) is 66.7 Å². The largest absolute Gasteiger partial charge is 0.380 e. The van der Waals surface area contributed by atoms with E-state index in [-0.39, 0.29) is 12.0 Å². The maximum atomic E-state index is 13.5. The van der Waals surface area contributed by atoms with Crippen LogP contribution in [0.2, 0.25) is 0 Å². The monoisotopic (exact) mass is 204 g/mol. The summed E-state index contributed by atoms with van der Waals surface area (Å²) in [7, 11) is 0. The Hall–Kier alpha value is -1.63. The molecule has 0 saturated heterocycles. The van der Waals surface area contributed by atoms with E-state index in [1.54, 1.807) is 12.1 Å². The standard InChI is InChI=1S/C13H13FO/c1-3-9-13(15,10-4-2)11-7-5-6-8-12(11)14/h3,5-8,10,15H,1-2,9H2. The van der Waals surface area contributed by atoms with Gasteiger partial charge in [-0.1, -0.05) is 30.9 Å². The third-order valence-corrected chi connectivity index (χ3v) is 2.14. The van der Waals surface area contributed by atoms with Crippen molar-refractivity contribution in [1.29, 1.82) is 0 Å². The highest BCUT2D eigenvalue weighted by molar-refractivity contribution is 5.29. The lowest BCUT2D eigenvalue weighted by molar-refractivity contribution is 0.0890. The van der Waals surface area contributed by atoms with Crippen LogP contribution in [-0.2, 0) is 5.60 Å². The van der Waals surface area contributed by atoms with Crippen LogP contribution in [0.4, 0.5) is 4.39 Å². The van der Waals surface area contributed by atoms with E-state index in [0.717, 1.165) is 0 Å². The minimum Gasteiger partial charge on any atom is -0.380 e. The molecule has 0 aromatic heterocycles. The van der Waals surface area contributed by atoms with Crippen LogP contribution in [0.25, 0.3) is 0 Å². The zero-order valence-electron chi connectivity index (χ0n) is 8.41. The molecule has 1 nitrogen and oxygen atoms in total. The molecule has 1 aromatic rings. The molecule has 0 bridgehead atoms. The molecule has 1 atom stereocenters. The fourth-order valence-electron chi connectivity index (χ4n) is 1.45. The van der Waals surface area contributed by atoms with Crippen LogP contribution in [-0.4, -0.2) is 5.11 Å². The van der Waals surface area contributed by atoms with E-state index in [1.165, 1.54) is 24.3 Å². The molecule has 2 heteroatoms. The molecule has 1 aromatic carbocycles. The Balaban J connectivity index is 3.26. The zero-order chi connectivity index (χ0) is 11.3. The predicted molar refractivity (Wildman–Crippen MR) is 58.8 cm³/mol. The summed E-state index contributed by atoms with van der Waals surface area (Å²) in [4.78, 5) is 0. The minimum atomic E-state index is -1.41. The number of halogens is 1. The highest BCUT2D eigenvalue weighted by atomic mass is 19.1. The third-order valence-electron chi connectivity index (χ3n) is 2.14. The Labute approximate surface area is 88.9 Å². The van der Waals surface area contributed by atoms with E-state index >= 15 is 0 Å². The highest BCUT2D eigenvalue weighted by Gasteiger charge is 2.27. The van der Waals surface area contributed by atoms with Crippen LogP contribution in [0.15, 0.2) is 55.3 Å². The first-order valence-electron chi connectivity index (χ1n) is 4.59. The number of rotatable bonds is 4. The Kier molecular flexibility index (Phi) is 3.62. The van der Waals surface area contributed by atoms with Gasteiger partial charge in [0.1, 0.15) is 11.4 Å². The maximum Gasteiger partial charge on any atom is 0.129 e. The summed E-state index contributed by atoms with van der Waals surface area (Å²) in [6.45, 7) is 6.92. The molecule has 0 spiro atoms. The molecule has 0 aliphatic carbocycles. The molecule has 0 fully saturated rings. The summed E-state index contributed by atoms with van der Waals surface area (Å²) < 4.78 is 13.5. The molecule has 78 valence electrons. The molecule has 0 amide bonds. The van der Waals surface area contributed by atoms with E-state index in [9.17, 15) is 9.50 Å². The summed E-state index contributed by atoms with van der Waals surface area (Å²) in [5.74, 6) is -0.451. The minimum absolute atomic E-state index is 0.209. The fraction of sp³-hybridized carbons (Fsp3) is 0.154. The topological polar surface area (TPSA) is 20.2 Å². The first-order chi connectivity index (χ1) is 7.14. The Bertz CT molecular complexity index is 405. The van der Waals surface area contributed by atoms with Crippen LogP contribution < -0.4 is 0 Å². The van der Waals surface area contributed by atoms with Gasteiger partial charge in [-0.2, -0.15) is 0 Å². The van der Waals surface area contributed by atoms with Crippen molar-refractivity contribution in [1.82, 2.24) is 0 Å². The van der Waals surface area contributed by atoms with Crippen LogP contribution in [0.3, 0.4) is 0 Å². The summed E-state index contributed by atoms with van der Waals surface area (Å²) in [6.07, 6.45) is 3.09. The van der Waals surface area contributed by atoms with Gasteiger partial charge in [0.25, 0.3) is 0 Å². The van der Waals surface area contributed by atoms with E-state index in [4.69, 9.17) is 0 Å². The molecule has 15 heavy (non-hydrogen) atoms. The Morgan fingerprint density at radius 3 is 2.67 bits per heavy atom. The Morgan fingerprint density at radius 1 is 1.47 bits per heavy atom. The van der Waals surface area contributed by atoms with Crippen molar-refractivity contribution in [2.24, 2.45) is 0 Å². The SMILES string of the molecule is C=C=CC(O)(CC=C)c1ccccc1F. The average molecular weight is 204 g/mol. The van der Waals surface area contributed by atoms with Crippen LogP contribution in [0.1, 0.15) is 12.0 Å². The van der Waals surface area contributed by atoms with Gasteiger partial charge in [-0.3, -0.25) is 0 Å². The quantitative estimate of drug-likeness (QED) is 0.590. The fourth-order valence-corrected chi connectivity index (χ4v) is 1.45. The van der Waals surface area contributed by atoms with Crippen molar-refractivity contribution in [3.8, 4) is 0 Å². The molecule has 0 aliphatic heterocycles. The second kappa shape index (κ2) is 4.74. The molecule has 0 aliphatic rings. The van der Waals surface area contributed by atoms with E-state index < -0.39 is 11.4 Å². The molecule has 1 unspecified atom stereocenters. The summed E-state index contributed by atoms with van der Waals surface area (Å²) in [6, 6.07) is 6.08. The first-order valence-corrected chi connectivity index (χ1v) is 4.59. The summed E-state index contributed by atoms with van der Waals surface area (Å²) >= 11 is 0. The van der Waals surface area contributed by atoms with Crippen molar-refractivity contribution >= 4 is 0 Å². The normalized spacial score (nSPS) is 13.7. The van der Waals surface area contributed by atoms with Gasteiger partial charge in [0.05, 0.1) is 0 Å². The first kappa shape index (κ1) is 11.4. The highest BCUT2D eigenvalue weighted by Crippen LogP contribution is 2.28.